The van der Waals surface area contributed by atoms with Crippen molar-refractivity contribution >= 4 is 18.0 Å². The van der Waals surface area contributed by atoms with E-state index in [1.54, 1.807) is 32.0 Å². The summed E-state index contributed by atoms with van der Waals surface area (Å²) in [6.45, 7) is 0.736. The minimum absolute atomic E-state index is 0.683. The molecule has 0 unspecified atom stereocenters. The Morgan fingerprint density at radius 1 is 1.38 bits per heavy atom. The Morgan fingerprint density at radius 3 is 2.81 bits per heavy atom. The van der Waals surface area contributed by atoms with Crippen molar-refractivity contribution in [2.75, 3.05) is 26.6 Å². The zero-order valence-corrected chi connectivity index (χ0v) is 10.4. The highest BCUT2D eigenvalue weighted by Gasteiger charge is 2.04. The number of hydrogen-bond acceptors (Lipinski definition) is 4. The van der Waals surface area contributed by atoms with Crippen molar-refractivity contribution in [3.05, 3.63) is 29.3 Å². The fourth-order valence-electron chi connectivity index (χ4n) is 1.31. The molecule has 0 aliphatic heterocycles. The first-order valence-corrected chi connectivity index (χ1v) is 6.16. The van der Waals surface area contributed by atoms with Gasteiger partial charge in [0, 0.05) is 29.7 Å². The Kier molecular flexibility index (Phi) is 5.96. The summed E-state index contributed by atoms with van der Waals surface area (Å²) >= 11 is 1.76. The van der Waals surface area contributed by atoms with Crippen molar-refractivity contribution in [2.24, 2.45) is 0 Å². The van der Waals surface area contributed by atoms with Crippen LogP contribution in [0.5, 0.6) is 5.75 Å². The van der Waals surface area contributed by atoms with Crippen LogP contribution in [0.3, 0.4) is 0 Å². The molecule has 16 heavy (non-hydrogen) atoms. The number of rotatable bonds is 7. The van der Waals surface area contributed by atoms with Gasteiger partial charge in [0.1, 0.15) is 12.0 Å². The Morgan fingerprint density at radius 2 is 2.19 bits per heavy atom. The fourth-order valence-corrected chi connectivity index (χ4v) is 2.18. The van der Waals surface area contributed by atoms with Crippen molar-refractivity contribution in [3.8, 4) is 5.75 Å². The summed E-state index contributed by atoms with van der Waals surface area (Å²) in [5, 5.41) is 0. The summed E-state index contributed by atoms with van der Waals surface area (Å²) in [5.74, 6) is 2.59. The third-order valence-electron chi connectivity index (χ3n) is 2.13. The number of thioether (sulfide) groups is 1. The summed E-state index contributed by atoms with van der Waals surface area (Å²) in [4.78, 5) is 10.7. The topological polar surface area (TPSA) is 35.5 Å². The van der Waals surface area contributed by atoms with Crippen molar-refractivity contribution in [2.45, 2.75) is 5.75 Å². The van der Waals surface area contributed by atoms with Gasteiger partial charge in [0.25, 0.3) is 0 Å². The van der Waals surface area contributed by atoms with Crippen LogP contribution in [-0.2, 0) is 10.5 Å². The molecule has 3 nitrogen and oxygen atoms in total. The highest BCUT2D eigenvalue weighted by atomic mass is 32.2. The van der Waals surface area contributed by atoms with E-state index in [2.05, 4.69) is 0 Å². The Bertz CT molecular complexity index is 339. The number of hydrogen-bond donors (Lipinski definition) is 0. The summed E-state index contributed by atoms with van der Waals surface area (Å²) < 4.78 is 10.2. The van der Waals surface area contributed by atoms with E-state index in [9.17, 15) is 4.79 Å². The van der Waals surface area contributed by atoms with Gasteiger partial charge in [0.15, 0.2) is 0 Å². The molecule has 0 N–H and O–H groups in total. The van der Waals surface area contributed by atoms with Gasteiger partial charge in [-0.15, -0.1) is 0 Å². The number of carbonyl (C=O) groups excluding carboxylic acids is 1. The van der Waals surface area contributed by atoms with E-state index < -0.39 is 0 Å². The number of aldehydes is 1. The van der Waals surface area contributed by atoms with Gasteiger partial charge in [-0.05, 0) is 18.2 Å². The normalized spacial score (nSPS) is 10.1. The van der Waals surface area contributed by atoms with Crippen LogP contribution in [0.1, 0.15) is 15.9 Å². The van der Waals surface area contributed by atoms with Gasteiger partial charge >= 0.3 is 0 Å². The molecule has 4 heteroatoms. The summed E-state index contributed by atoms with van der Waals surface area (Å²) in [7, 11) is 3.33. The smallest absolute Gasteiger partial charge is 0.150 e. The molecule has 0 radical (unpaired) electrons. The van der Waals surface area contributed by atoms with Crippen LogP contribution in [0, 0.1) is 0 Å². The standard InChI is InChI=1S/C12H16O3S/c1-14-5-6-16-9-11-7-10(8-13)3-4-12(11)15-2/h3-4,7-8H,5-6,9H2,1-2H3. The van der Waals surface area contributed by atoms with Crippen LogP contribution in [0.15, 0.2) is 18.2 Å². The molecular formula is C12H16O3S. The second-order valence-corrected chi connectivity index (χ2v) is 4.34. The molecule has 0 saturated carbocycles. The van der Waals surface area contributed by atoms with E-state index in [-0.39, 0.29) is 0 Å². The van der Waals surface area contributed by atoms with Crippen molar-refractivity contribution in [1.29, 1.82) is 0 Å². The lowest BCUT2D eigenvalue weighted by molar-refractivity contribution is 0.112. The molecule has 0 aromatic heterocycles. The molecule has 1 aromatic rings. The SMILES string of the molecule is COCCSCc1cc(C=O)ccc1OC. The Labute approximate surface area is 100 Å². The maximum Gasteiger partial charge on any atom is 0.150 e. The highest BCUT2D eigenvalue weighted by molar-refractivity contribution is 7.98. The number of methoxy groups -OCH3 is 2. The van der Waals surface area contributed by atoms with Gasteiger partial charge in [-0.2, -0.15) is 11.8 Å². The van der Waals surface area contributed by atoms with Crippen LogP contribution < -0.4 is 4.74 Å². The largest absolute Gasteiger partial charge is 0.496 e. The number of benzene rings is 1. The van der Waals surface area contributed by atoms with Gasteiger partial charge in [0.05, 0.1) is 13.7 Å². The van der Waals surface area contributed by atoms with Crippen molar-refractivity contribution in [1.82, 2.24) is 0 Å². The monoisotopic (exact) mass is 240 g/mol. The third-order valence-corrected chi connectivity index (χ3v) is 3.10. The predicted molar refractivity (Wildman–Crippen MR) is 66.4 cm³/mol. The molecule has 0 amide bonds. The van der Waals surface area contributed by atoms with E-state index in [0.29, 0.717) is 5.56 Å². The average Bonchev–Trinajstić information content (AvgIpc) is 2.34. The van der Waals surface area contributed by atoms with Gasteiger partial charge in [-0.25, -0.2) is 0 Å². The van der Waals surface area contributed by atoms with Gasteiger partial charge in [-0.3, -0.25) is 4.79 Å². The quantitative estimate of drug-likeness (QED) is 0.541. The first-order chi connectivity index (χ1) is 7.81. The first kappa shape index (κ1) is 13.1. The summed E-state index contributed by atoms with van der Waals surface area (Å²) in [6, 6.07) is 5.46. The van der Waals surface area contributed by atoms with E-state index in [1.165, 1.54) is 0 Å². The summed E-state index contributed by atoms with van der Waals surface area (Å²) in [6.07, 6.45) is 0.850. The fraction of sp³-hybridized carbons (Fsp3) is 0.417. The molecule has 0 heterocycles. The molecule has 88 valence electrons. The van der Waals surface area contributed by atoms with Crippen LogP contribution >= 0.6 is 11.8 Å². The predicted octanol–water partition coefficient (Wildman–Crippen LogP) is 2.39. The van der Waals surface area contributed by atoms with Gasteiger partial charge in [-0.1, -0.05) is 0 Å². The lowest BCUT2D eigenvalue weighted by Gasteiger charge is -2.08. The average molecular weight is 240 g/mol. The zero-order chi connectivity index (χ0) is 11.8. The van der Waals surface area contributed by atoms with Crippen LogP contribution in [0.25, 0.3) is 0 Å². The first-order valence-electron chi connectivity index (χ1n) is 5.00. The minimum Gasteiger partial charge on any atom is -0.496 e. The number of ether oxygens (including phenoxy) is 2. The van der Waals surface area contributed by atoms with Crippen molar-refractivity contribution < 1.29 is 14.3 Å². The second kappa shape index (κ2) is 7.30. The highest BCUT2D eigenvalue weighted by Crippen LogP contribution is 2.23. The van der Waals surface area contributed by atoms with Gasteiger partial charge < -0.3 is 9.47 Å². The van der Waals surface area contributed by atoms with Gasteiger partial charge in [0.2, 0.25) is 0 Å². The minimum atomic E-state index is 0.683. The molecule has 1 aromatic carbocycles. The molecule has 0 bridgehead atoms. The van der Waals surface area contributed by atoms with Crippen molar-refractivity contribution in [3.63, 3.8) is 0 Å². The molecule has 0 atom stereocenters. The van der Waals surface area contributed by atoms with E-state index in [0.717, 1.165) is 35.7 Å². The van der Waals surface area contributed by atoms with E-state index in [4.69, 9.17) is 9.47 Å². The van der Waals surface area contributed by atoms with E-state index in [1.807, 2.05) is 12.1 Å². The Hall–Kier alpha value is -1.00. The molecule has 0 spiro atoms. The van der Waals surface area contributed by atoms with Crippen LogP contribution in [0.4, 0.5) is 0 Å². The maximum atomic E-state index is 10.7. The molecule has 0 fully saturated rings. The lowest BCUT2D eigenvalue weighted by Crippen LogP contribution is -1.95. The summed E-state index contributed by atoms with van der Waals surface area (Å²) in [5.41, 5.74) is 1.73. The second-order valence-electron chi connectivity index (χ2n) is 3.23. The Balaban J connectivity index is 2.64. The molecular weight excluding hydrogens is 224 g/mol. The maximum absolute atomic E-state index is 10.7. The number of carbonyl (C=O) groups is 1. The van der Waals surface area contributed by atoms with Crippen LogP contribution in [0.2, 0.25) is 0 Å². The molecule has 0 saturated heterocycles. The van der Waals surface area contributed by atoms with Crippen LogP contribution in [-0.4, -0.2) is 32.9 Å². The lowest BCUT2D eigenvalue weighted by atomic mass is 10.1. The third kappa shape index (κ3) is 3.87. The molecule has 1 rings (SSSR count). The molecule has 0 aliphatic rings. The molecule has 0 aliphatic carbocycles. The van der Waals surface area contributed by atoms with E-state index >= 15 is 0 Å². The zero-order valence-electron chi connectivity index (χ0n) is 9.56.